The standard InChI is InChI=1S/C14H16O/c1-15-14-8-4-7-12-11-6-3-2-5-10(11)9-13(12)14/h2-3,5-6,14H,4,7-9H2,1H3. The summed E-state index contributed by atoms with van der Waals surface area (Å²) in [4.78, 5) is 0. The number of hydrogen-bond donors (Lipinski definition) is 0. The third kappa shape index (κ3) is 1.34. The van der Waals surface area contributed by atoms with Gasteiger partial charge in [0.15, 0.2) is 0 Å². The molecular weight excluding hydrogens is 184 g/mol. The Morgan fingerprint density at radius 3 is 3.00 bits per heavy atom. The van der Waals surface area contributed by atoms with Gasteiger partial charge in [-0.2, -0.15) is 0 Å². The molecule has 0 radical (unpaired) electrons. The van der Waals surface area contributed by atoms with Crippen molar-refractivity contribution in [3.8, 4) is 0 Å². The van der Waals surface area contributed by atoms with Crippen molar-refractivity contribution in [1.29, 1.82) is 0 Å². The molecule has 1 heteroatoms. The van der Waals surface area contributed by atoms with Crippen molar-refractivity contribution >= 4 is 5.57 Å². The van der Waals surface area contributed by atoms with Gasteiger partial charge < -0.3 is 4.74 Å². The van der Waals surface area contributed by atoms with Crippen molar-refractivity contribution in [3.05, 3.63) is 41.0 Å². The molecule has 0 bridgehead atoms. The Balaban J connectivity index is 2.06. The Kier molecular flexibility index (Phi) is 2.14. The smallest absolute Gasteiger partial charge is 0.0790 e. The van der Waals surface area contributed by atoms with Crippen LogP contribution >= 0.6 is 0 Å². The zero-order valence-corrected chi connectivity index (χ0v) is 9.12. The van der Waals surface area contributed by atoms with Gasteiger partial charge in [-0.15, -0.1) is 0 Å². The van der Waals surface area contributed by atoms with E-state index in [1.807, 2.05) is 7.11 Å². The fourth-order valence-corrected chi connectivity index (χ4v) is 2.96. The van der Waals surface area contributed by atoms with Crippen molar-refractivity contribution in [3.63, 3.8) is 0 Å². The Labute approximate surface area is 90.8 Å². The van der Waals surface area contributed by atoms with Gasteiger partial charge in [0.1, 0.15) is 0 Å². The van der Waals surface area contributed by atoms with Crippen LogP contribution < -0.4 is 0 Å². The lowest BCUT2D eigenvalue weighted by atomic mass is 9.89. The van der Waals surface area contributed by atoms with Gasteiger partial charge in [0.05, 0.1) is 6.10 Å². The van der Waals surface area contributed by atoms with E-state index in [1.165, 1.54) is 30.4 Å². The molecule has 15 heavy (non-hydrogen) atoms. The lowest BCUT2D eigenvalue weighted by molar-refractivity contribution is 0.118. The molecule has 3 rings (SSSR count). The van der Waals surface area contributed by atoms with E-state index in [0.717, 1.165) is 6.42 Å². The predicted octanol–water partition coefficient (Wildman–Crippen LogP) is 3.20. The molecule has 0 fully saturated rings. The second-order valence-corrected chi connectivity index (χ2v) is 4.45. The van der Waals surface area contributed by atoms with Crippen LogP contribution in [0.15, 0.2) is 29.8 Å². The zero-order chi connectivity index (χ0) is 10.3. The van der Waals surface area contributed by atoms with Crippen LogP contribution in [0.3, 0.4) is 0 Å². The van der Waals surface area contributed by atoms with Gasteiger partial charge in [-0.05, 0) is 48.0 Å². The first-order chi connectivity index (χ1) is 7.40. The molecule has 0 heterocycles. The lowest BCUT2D eigenvalue weighted by Gasteiger charge is -2.23. The number of rotatable bonds is 1. The molecule has 0 spiro atoms. The highest BCUT2D eigenvalue weighted by Crippen LogP contribution is 2.42. The summed E-state index contributed by atoms with van der Waals surface area (Å²) in [5, 5.41) is 0. The van der Waals surface area contributed by atoms with Gasteiger partial charge in [0.25, 0.3) is 0 Å². The van der Waals surface area contributed by atoms with Gasteiger partial charge in [0, 0.05) is 7.11 Å². The summed E-state index contributed by atoms with van der Waals surface area (Å²) in [5.41, 5.74) is 6.09. The van der Waals surface area contributed by atoms with Crippen LogP contribution in [0.4, 0.5) is 0 Å². The molecule has 2 aliphatic rings. The summed E-state index contributed by atoms with van der Waals surface area (Å²) in [7, 11) is 1.84. The van der Waals surface area contributed by atoms with E-state index in [9.17, 15) is 0 Å². The highest BCUT2D eigenvalue weighted by molar-refractivity contribution is 5.77. The molecule has 1 aromatic carbocycles. The second-order valence-electron chi connectivity index (χ2n) is 4.45. The van der Waals surface area contributed by atoms with E-state index in [2.05, 4.69) is 24.3 Å². The summed E-state index contributed by atoms with van der Waals surface area (Å²) < 4.78 is 5.58. The molecule has 1 unspecified atom stereocenters. The Morgan fingerprint density at radius 1 is 1.27 bits per heavy atom. The SMILES string of the molecule is COC1CCCC2=C1Cc1ccccc12. The predicted molar refractivity (Wildman–Crippen MR) is 61.7 cm³/mol. The van der Waals surface area contributed by atoms with Gasteiger partial charge in [-0.3, -0.25) is 0 Å². The van der Waals surface area contributed by atoms with Gasteiger partial charge in [0.2, 0.25) is 0 Å². The largest absolute Gasteiger partial charge is 0.377 e. The highest BCUT2D eigenvalue weighted by Gasteiger charge is 2.29. The average Bonchev–Trinajstić information content (AvgIpc) is 2.67. The topological polar surface area (TPSA) is 9.23 Å². The van der Waals surface area contributed by atoms with Crippen LogP contribution in [0.25, 0.3) is 5.57 Å². The minimum atomic E-state index is 0.376. The summed E-state index contributed by atoms with van der Waals surface area (Å²) in [5.74, 6) is 0. The average molecular weight is 200 g/mol. The monoisotopic (exact) mass is 200 g/mol. The molecule has 2 aliphatic carbocycles. The highest BCUT2D eigenvalue weighted by atomic mass is 16.5. The number of benzene rings is 1. The van der Waals surface area contributed by atoms with E-state index < -0.39 is 0 Å². The number of methoxy groups -OCH3 is 1. The number of hydrogen-bond acceptors (Lipinski definition) is 1. The summed E-state index contributed by atoms with van der Waals surface area (Å²) >= 11 is 0. The van der Waals surface area contributed by atoms with Crippen LogP contribution in [0.5, 0.6) is 0 Å². The van der Waals surface area contributed by atoms with Crippen LogP contribution in [0.2, 0.25) is 0 Å². The summed E-state index contributed by atoms with van der Waals surface area (Å²) in [6.07, 6.45) is 5.20. The van der Waals surface area contributed by atoms with Crippen molar-refractivity contribution in [2.24, 2.45) is 0 Å². The number of fused-ring (bicyclic) bond motifs is 2. The number of allylic oxidation sites excluding steroid dienone is 1. The van der Waals surface area contributed by atoms with E-state index >= 15 is 0 Å². The minimum Gasteiger partial charge on any atom is -0.377 e. The summed E-state index contributed by atoms with van der Waals surface area (Å²) in [6, 6.07) is 8.79. The van der Waals surface area contributed by atoms with Crippen LogP contribution in [-0.4, -0.2) is 13.2 Å². The quantitative estimate of drug-likeness (QED) is 0.676. The van der Waals surface area contributed by atoms with E-state index in [0.29, 0.717) is 6.10 Å². The van der Waals surface area contributed by atoms with Gasteiger partial charge in [-0.25, -0.2) is 0 Å². The maximum Gasteiger partial charge on any atom is 0.0790 e. The maximum atomic E-state index is 5.58. The third-order valence-electron chi connectivity index (χ3n) is 3.68. The van der Waals surface area contributed by atoms with Crippen molar-refractivity contribution < 1.29 is 4.74 Å². The third-order valence-corrected chi connectivity index (χ3v) is 3.68. The maximum absolute atomic E-state index is 5.58. The molecule has 0 aromatic heterocycles. The molecule has 1 atom stereocenters. The first-order valence-corrected chi connectivity index (χ1v) is 5.73. The fraction of sp³-hybridized carbons (Fsp3) is 0.429. The van der Waals surface area contributed by atoms with Crippen LogP contribution in [0.1, 0.15) is 30.4 Å². The molecule has 0 saturated carbocycles. The minimum absolute atomic E-state index is 0.376. The van der Waals surface area contributed by atoms with E-state index in [1.54, 1.807) is 11.1 Å². The zero-order valence-electron chi connectivity index (χ0n) is 9.12. The second kappa shape index (κ2) is 3.49. The van der Waals surface area contributed by atoms with Gasteiger partial charge in [-0.1, -0.05) is 24.3 Å². The molecule has 0 N–H and O–H groups in total. The Hall–Kier alpha value is -1.08. The molecule has 0 saturated heterocycles. The van der Waals surface area contributed by atoms with Crippen molar-refractivity contribution in [2.75, 3.05) is 7.11 Å². The van der Waals surface area contributed by atoms with Crippen LogP contribution in [0, 0.1) is 0 Å². The Morgan fingerprint density at radius 2 is 2.13 bits per heavy atom. The molecule has 1 aromatic rings. The first-order valence-electron chi connectivity index (χ1n) is 5.73. The fourth-order valence-electron chi connectivity index (χ4n) is 2.96. The number of ether oxygens (including phenoxy) is 1. The van der Waals surface area contributed by atoms with Crippen molar-refractivity contribution in [2.45, 2.75) is 31.8 Å². The molecule has 0 aliphatic heterocycles. The first kappa shape index (κ1) is 9.17. The van der Waals surface area contributed by atoms with Gasteiger partial charge >= 0.3 is 0 Å². The van der Waals surface area contributed by atoms with Crippen molar-refractivity contribution in [1.82, 2.24) is 0 Å². The van der Waals surface area contributed by atoms with E-state index in [4.69, 9.17) is 4.74 Å². The summed E-state index contributed by atoms with van der Waals surface area (Å²) in [6.45, 7) is 0. The van der Waals surface area contributed by atoms with Crippen LogP contribution in [-0.2, 0) is 11.2 Å². The Bertz CT molecular complexity index is 417. The molecule has 78 valence electrons. The molecule has 1 nitrogen and oxygen atoms in total. The molecular formula is C14H16O. The normalized spacial score (nSPS) is 23.9. The molecule has 0 amide bonds. The van der Waals surface area contributed by atoms with E-state index in [-0.39, 0.29) is 0 Å². The lowest BCUT2D eigenvalue weighted by Crippen LogP contribution is -2.18.